The van der Waals surface area contributed by atoms with Gasteiger partial charge in [0.15, 0.2) is 23.4 Å². The van der Waals surface area contributed by atoms with Gasteiger partial charge in [-0.3, -0.25) is 9.59 Å². The fourth-order valence-electron chi connectivity index (χ4n) is 3.01. The van der Waals surface area contributed by atoms with Gasteiger partial charge in [0.25, 0.3) is 5.91 Å². The van der Waals surface area contributed by atoms with Crippen LogP contribution < -0.4 is 14.8 Å². The molecule has 1 N–H and O–H groups in total. The van der Waals surface area contributed by atoms with Gasteiger partial charge in [0.1, 0.15) is 0 Å². The number of nitrogens with one attached hydrogen (secondary N) is 1. The van der Waals surface area contributed by atoms with E-state index in [0.717, 1.165) is 0 Å². The molecule has 156 valence electrons. The van der Waals surface area contributed by atoms with E-state index in [1.165, 1.54) is 19.1 Å². The van der Waals surface area contributed by atoms with E-state index < -0.39 is 18.0 Å². The zero-order valence-corrected chi connectivity index (χ0v) is 16.7. The first-order chi connectivity index (χ1) is 15.0. The molecule has 7 heteroatoms. The molecule has 0 saturated heterocycles. The van der Waals surface area contributed by atoms with Gasteiger partial charge in [-0.05, 0) is 31.2 Å². The lowest BCUT2D eigenvalue weighted by molar-refractivity contribution is -0.123. The molecule has 0 aromatic heterocycles. The molecule has 4 rings (SSSR count). The maximum absolute atomic E-state index is 12.5. The number of rotatable bonds is 6. The third kappa shape index (κ3) is 4.56. The lowest BCUT2D eigenvalue weighted by Gasteiger charge is -2.14. The summed E-state index contributed by atoms with van der Waals surface area (Å²) in [6.45, 7) is 1.62. The summed E-state index contributed by atoms with van der Waals surface area (Å²) in [5.74, 6) is -0.147. The summed E-state index contributed by atoms with van der Waals surface area (Å²) < 4.78 is 15.8. The van der Waals surface area contributed by atoms with Gasteiger partial charge in [-0.2, -0.15) is 0 Å². The third-order valence-corrected chi connectivity index (χ3v) is 4.71. The highest BCUT2D eigenvalue weighted by Crippen LogP contribution is 2.34. The Labute approximate surface area is 178 Å². The van der Waals surface area contributed by atoms with Crippen molar-refractivity contribution in [2.45, 2.75) is 13.0 Å². The number of anilines is 1. The Hall–Kier alpha value is -4.13. The number of benzene rings is 3. The largest absolute Gasteiger partial charge is 0.454 e. The normalized spacial score (nSPS) is 12.7. The number of esters is 1. The molecular weight excluding hydrogens is 398 g/mol. The first kappa shape index (κ1) is 20.2. The first-order valence-corrected chi connectivity index (χ1v) is 9.62. The predicted octanol–water partition coefficient (Wildman–Crippen LogP) is 3.83. The van der Waals surface area contributed by atoms with E-state index >= 15 is 0 Å². The number of carbonyl (C=O) groups excluding carboxylic acids is 3. The van der Waals surface area contributed by atoms with Crippen LogP contribution in [0.4, 0.5) is 5.69 Å². The topological polar surface area (TPSA) is 90.9 Å². The second kappa shape index (κ2) is 8.71. The third-order valence-electron chi connectivity index (χ3n) is 4.71. The smallest absolute Gasteiger partial charge is 0.338 e. The Bertz CT molecular complexity index is 1120. The summed E-state index contributed by atoms with van der Waals surface area (Å²) in [6, 6.07) is 20.0. The summed E-state index contributed by atoms with van der Waals surface area (Å²) in [6.07, 6.45) is -1.02. The Morgan fingerprint density at radius 3 is 2.23 bits per heavy atom. The molecule has 0 unspecified atom stereocenters. The summed E-state index contributed by atoms with van der Waals surface area (Å²) in [7, 11) is 0. The van der Waals surface area contributed by atoms with Crippen LogP contribution in [0.25, 0.3) is 0 Å². The van der Waals surface area contributed by atoms with Crippen LogP contribution in [0.2, 0.25) is 0 Å². The fourth-order valence-corrected chi connectivity index (χ4v) is 3.01. The number of ketones is 1. The van der Waals surface area contributed by atoms with E-state index in [9.17, 15) is 14.4 Å². The molecule has 3 aromatic carbocycles. The van der Waals surface area contributed by atoms with Gasteiger partial charge in [-0.15, -0.1) is 0 Å². The van der Waals surface area contributed by atoms with Crippen LogP contribution in [-0.2, 0) is 9.53 Å². The lowest BCUT2D eigenvalue weighted by atomic mass is 10.0. The van der Waals surface area contributed by atoms with E-state index in [1.54, 1.807) is 54.6 Å². The Kier molecular flexibility index (Phi) is 5.66. The number of carbonyl (C=O) groups is 3. The molecule has 0 spiro atoms. The fraction of sp³-hybridized carbons (Fsp3) is 0.125. The van der Waals surface area contributed by atoms with Gasteiger partial charge in [-0.25, -0.2) is 4.79 Å². The van der Waals surface area contributed by atoms with Gasteiger partial charge in [-0.1, -0.05) is 42.5 Å². The van der Waals surface area contributed by atoms with Crippen molar-refractivity contribution in [3.63, 3.8) is 0 Å². The van der Waals surface area contributed by atoms with E-state index in [2.05, 4.69) is 5.32 Å². The maximum Gasteiger partial charge on any atom is 0.338 e. The van der Waals surface area contributed by atoms with Gasteiger partial charge < -0.3 is 19.5 Å². The molecule has 1 heterocycles. The highest BCUT2D eigenvalue weighted by Gasteiger charge is 2.21. The van der Waals surface area contributed by atoms with Crippen LogP contribution >= 0.6 is 0 Å². The molecule has 0 saturated carbocycles. The van der Waals surface area contributed by atoms with E-state index in [1.807, 2.05) is 6.07 Å². The molecule has 7 nitrogen and oxygen atoms in total. The van der Waals surface area contributed by atoms with Crippen LogP contribution in [0.15, 0.2) is 72.8 Å². The highest BCUT2D eigenvalue weighted by molar-refractivity contribution is 6.09. The average molecular weight is 417 g/mol. The van der Waals surface area contributed by atoms with Crippen molar-refractivity contribution in [1.82, 2.24) is 0 Å². The van der Waals surface area contributed by atoms with Crippen molar-refractivity contribution in [1.29, 1.82) is 0 Å². The summed E-state index contributed by atoms with van der Waals surface area (Å²) in [5, 5.41) is 2.67. The quantitative estimate of drug-likeness (QED) is 0.484. The minimum atomic E-state index is -1.02. The van der Waals surface area contributed by atoms with Gasteiger partial charge in [0.05, 0.1) is 5.56 Å². The molecule has 31 heavy (non-hydrogen) atoms. The molecular formula is C24H19NO6. The minimum Gasteiger partial charge on any atom is -0.454 e. The SMILES string of the molecule is C[C@H](OC(=O)c1ccc(C(=O)c2ccccc2)cc1)C(=O)Nc1ccc2c(c1)OCO2. The molecule has 0 radical (unpaired) electrons. The number of amides is 1. The molecule has 0 aliphatic carbocycles. The number of hydrogen-bond donors (Lipinski definition) is 1. The highest BCUT2D eigenvalue weighted by atomic mass is 16.7. The summed E-state index contributed by atoms with van der Waals surface area (Å²) in [5.41, 5.74) is 1.76. The summed E-state index contributed by atoms with van der Waals surface area (Å²) in [4.78, 5) is 37.2. The lowest BCUT2D eigenvalue weighted by Crippen LogP contribution is -2.30. The average Bonchev–Trinajstić information content (AvgIpc) is 3.27. The van der Waals surface area contributed by atoms with Crippen LogP contribution in [0.1, 0.15) is 33.2 Å². The number of ether oxygens (including phenoxy) is 3. The van der Waals surface area contributed by atoms with Gasteiger partial charge in [0.2, 0.25) is 6.79 Å². The monoisotopic (exact) mass is 417 g/mol. The molecule has 1 atom stereocenters. The van der Waals surface area contributed by atoms with Gasteiger partial charge in [0, 0.05) is 22.9 Å². The molecule has 0 fully saturated rings. The van der Waals surface area contributed by atoms with Crippen molar-refractivity contribution in [2.24, 2.45) is 0 Å². The van der Waals surface area contributed by atoms with Crippen LogP contribution in [0.3, 0.4) is 0 Å². The maximum atomic E-state index is 12.5. The first-order valence-electron chi connectivity index (χ1n) is 9.62. The Morgan fingerprint density at radius 2 is 1.48 bits per heavy atom. The van der Waals surface area contributed by atoms with Crippen LogP contribution in [-0.4, -0.2) is 30.6 Å². The zero-order chi connectivity index (χ0) is 21.8. The van der Waals surface area contributed by atoms with E-state index in [0.29, 0.717) is 28.3 Å². The number of fused-ring (bicyclic) bond motifs is 1. The van der Waals surface area contributed by atoms with Gasteiger partial charge >= 0.3 is 5.97 Å². The van der Waals surface area contributed by atoms with Crippen molar-refractivity contribution in [3.8, 4) is 11.5 Å². The van der Waals surface area contributed by atoms with E-state index in [4.69, 9.17) is 14.2 Å². The predicted molar refractivity (Wildman–Crippen MR) is 112 cm³/mol. The van der Waals surface area contributed by atoms with Crippen molar-refractivity contribution in [3.05, 3.63) is 89.5 Å². The zero-order valence-electron chi connectivity index (χ0n) is 16.7. The number of hydrogen-bond acceptors (Lipinski definition) is 6. The summed E-state index contributed by atoms with van der Waals surface area (Å²) >= 11 is 0. The van der Waals surface area contributed by atoms with Crippen LogP contribution in [0, 0.1) is 0 Å². The van der Waals surface area contributed by atoms with E-state index in [-0.39, 0.29) is 18.1 Å². The Morgan fingerprint density at radius 1 is 0.839 bits per heavy atom. The minimum absolute atomic E-state index is 0.135. The van der Waals surface area contributed by atoms with Crippen molar-refractivity contribution < 1.29 is 28.6 Å². The molecule has 3 aromatic rings. The molecule has 1 aliphatic rings. The second-order valence-electron chi connectivity index (χ2n) is 6.88. The van der Waals surface area contributed by atoms with Crippen molar-refractivity contribution >= 4 is 23.3 Å². The standard InChI is InChI=1S/C24H19NO6/c1-15(23(27)25-19-11-12-20-21(13-19)30-14-29-20)31-24(28)18-9-7-17(8-10-18)22(26)16-5-3-2-4-6-16/h2-13,15H,14H2,1H3,(H,25,27)/t15-/m0/s1. The molecule has 0 bridgehead atoms. The molecule has 1 amide bonds. The molecule has 1 aliphatic heterocycles. The Balaban J connectivity index is 1.36. The van der Waals surface area contributed by atoms with Crippen molar-refractivity contribution in [2.75, 3.05) is 12.1 Å². The second-order valence-corrected chi connectivity index (χ2v) is 6.88. The van der Waals surface area contributed by atoms with Crippen LogP contribution in [0.5, 0.6) is 11.5 Å².